The third-order valence-corrected chi connectivity index (χ3v) is 6.38. The lowest BCUT2D eigenvalue weighted by molar-refractivity contribution is -0.134. The monoisotopic (exact) mass is 335 g/mol. The van der Waals surface area contributed by atoms with Gasteiger partial charge in [0.25, 0.3) is 0 Å². The summed E-state index contributed by atoms with van der Waals surface area (Å²) >= 11 is 0. The molecule has 2 saturated heterocycles. The third kappa shape index (κ3) is 4.95. The average molecular weight is 336 g/mol. The van der Waals surface area contributed by atoms with Crippen molar-refractivity contribution in [3.8, 4) is 0 Å². The topological polar surface area (TPSA) is 26.8 Å². The summed E-state index contributed by atoms with van der Waals surface area (Å²) in [4.78, 5) is 19.6. The molecule has 0 spiro atoms. The molecule has 4 nitrogen and oxygen atoms in total. The Kier molecular flexibility index (Phi) is 5.86. The van der Waals surface area contributed by atoms with Crippen LogP contribution in [0.15, 0.2) is 0 Å². The largest absolute Gasteiger partial charge is 0.340 e. The SMILES string of the molecule is CC(C)CC1(CN2CCC(CC(=O)N3CCN(C)CC3)CC2)CC1. The molecule has 2 aliphatic heterocycles. The first kappa shape index (κ1) is 18.2. The molecular weight excluding hydrogens is 298 g/mol. The van der Waals surface area contributed by atoms with Crippen LogP contribution in [-0.2, 0) is 4.79 Å². The summed E-state index contributed by atoms with van der Waals surface area (Å²) in [5.74, 6) is 1.85. The Morgan fingerprint density at radius 2 is 1.67 bits per heavy atom. The predicted molar refractivity (Wildman–Crippen MR) is 99.0 cm³/mol. The number of hydrogen-bond donors (Lipinski definition) is 0. The number of likely N-dealkylation sites (tertiary alicyclic amines) is 1. The zero-order valence-corrected chi connectivity index (χ0v) is 16.1. The van der Waals surface area contributed by atoms with Crippen molar-refractivity contribution in [2.75, 3.05) is 52.9 Å². The van der Waals surface area contributed by atoms with E-state index in [2.05, 4.69) is 35.6 Å². The van der Waals surface area contributed by atoms with Crippen LogP contribution in [0.1, 0.15) is 52.4 Å². The Morgan fingerprint density at radius 1 is 1.04 bits per heavy atom. The van der Waals surface area contributed by atoms with Gasteiger partial charge in [-0.15, -0.1) is 0 Å². The quantitative estimate of drug-likeness (QED) is 0.747. The minimum atomic E-state index is 0.403. The van der Waals surface area contributed by atoms with E-state index in [9.17, 15) is 4.79 Å². The second-order valence-corrected chi connectivity index (χ2v) is 9.21. The molecule has 0 aromatic heterocycles. The van der Waals surface area contributed by atoms with Gasteiger partial charge in [0.15, 0.2) is 0 Å². The van der Waals surface area contributed by atoms with Gasteiger partial charge in [0.05, 0.1) is 0 Å². The first-order valence-corrected chi connectivity index (χ1v) is 10.1. The van der Waals surface area contributed by atoms with Crippen molar-refractivity contribution in [1.29, 1.82) is 0 Å². The highest BCUT2D eigenvalue weighted by Gasteiger charge is 2.44. The first-order chi connectivity index (χ1) is 11.5. The number of piperidine rings is 1. The molecular formula is C20H37N3O. The molecule has 0 unspecified atom stereocenters. The van der Waals surface area contributed by atoms with E-state index in [0.717, 1.165) is 38.5 Å². The van der Waals surface area contributed by atoms with E-state index < -0.39 is 0 Å². The van der Waals surface area contributed by atoms with Gasteiger partial charge in [0, 0.05) is 39.1 Å². The van der Waals surface area contributed by atoms with E-state index in [-0.39, 0.29) is 0 Å². The van der Waals surface area contributed by atoms with Gasteiger partial charge in [-0.2, -0.15) is 0 Å². The molecule has 138 valence electrons. The molecule has 0 bridgehead atoms. The lowest BCUT2D eigenvalue weighted by atomic mass is 9.90. The number of likely N-dealkylation sites (N-methyl/N-ethyl adjacent to an activating group) is 1. The average Bonchev–Trinajstić information content (AvgIpc) is 3.28. The van der Waals surface area contributed by atoms with Crippen molar-refractivity contribution < 1.29 is 4.79 Å². The van der Waals surface area contributed by atoms with Crippen LogP contribution in [0.5, 0.6) is 0 Å². The van der Waals surface area contributed by atoms with Crippen LogP contribution in [0.3, 0.4) is 0 Å². The Labute approximate surface area is 148 Å². The summed E-state index contributed by atoms with van der Waals surface area (Å²) in [5.41, 5.74) is 0.649. The number of rotatable bonds is 6. The van der Waals surface area contributed by atoms with Gasteiger partial charge in [0.1, 0.15) is 0 Å². The zero-order valence-electron chi connectivity index (χ0n) is 16.1. The van der Waals surface area contributed by atoms with Gasteiger partial charge in [0.2, 0.25) is 5.91 Å². The number of carbonyl (C=O) groups is 1. The highest BCUT2D eigenvalue weighted by atomic mass is 16.2. The molecule has 24 heavy (non-hydrogen) atoms. The molecule has 3 fully saturated rings. The molecule has 0 aromatic carbocycles. The van der Waals surface area contributed by atoms with Gasteiger partial charge >= 0.3 is 0 Å². The molecule has 1 aliphatic carbocycles. The number of amides is 1. The normalized spacial score (nSPS) is 26.1. The van der Waals surface area contributed by atoms with Crippen molar-refractivity contribution in [2.24, 2.45) is 17.3 Å². The molecule has 3 rings (SSSR count). The molecule has 1 amide bonds. The maximum absolute atomic E-state index is 12.5. The Bertz CT molecular complexity index is 417. The highest BCUT2D eigenvalue weighted by molar-refractivity contribution is 5.76. The molecule has 0 atom stereocenters. The van der Waals surface area contributed by atoms with Gasteiger partial charge in [-0.1, -0.05) is 13.8 Å². The standard InChI is InChI=1S/C20H37N3O/c1-17(2)15-20(6-7-20)16-22-8-4-18(5-9-22)14-19(24)23-12-10-21(3)11-13-23/h17-18H,4-16H2,1-3H3. The van der Waals surface area contributed by atoms with E-state index in [1.54, 1.807) is 0 Å². The minimum Gasteiger partial charge on any atom is -0.340 e. The fourth-order valence-electron chi connectivity index (χ4n) is 4.72. The van der Waals surface area contributed by atoms with Crippen LogP contribution in [0.2, 0.25) is 0 Å². The Morgan fingerprint density at radius 3 is 2.21 bits per heavy atom. The van der Waals surface area contributed by atoms with Crippen molar-refractivity contribution in [3.63, 3.8) is 0 Å². The summed E-state index contributed by atoms with van der Waals surface area (Å²) in [6.45, 7) is 12.3. The molecule has 0 N–H and O–H groups in total. The summed E-state index contributed by atoms with van der Waals surface area (Å²) < 4.78 is 0. The van der Waals surface area contributed by atoms with E-state index in [1.165, 1.54) is 51.7 Å². The summed E-state index contributed by atoms with van der Waals surface area (Å²) in [5, 5.41) is 0. The van der Waals surface area contributed by atoms with E-state index in [0.29, 0.717) is 17.2 Å². The predicted octanol–water partition coefficient (Wildman–Crippen LogP) is 2.69. The van der Waals surface area contributed by atoms with Crippen molar-refractivity contribution in [2.45, 2.75) is 52.4 Å². The third-order valence-electron chi connectivity index (χ3n) is 6.38. The molecule has 0 radical (unpaired) electrons. The Balaban J connectivity index is 1.37. The van der Waals surface area contributed by atoms with Gasteiger partial charge in [-0.25, -0.2) is 0 Å². The van der Waals surface area contributed by atoms with Crippen molar-refractivity contribution in [1.82, 2.24) is 14.7 Å². The second kappa shape index (κ2) is 7.74. The van der Waals surface area contributed by atoms with Crippen LogP contribution in [-0.4, -0.2) is 73.5 Å². The molecule has 0 aromatic rings. The number of hydrogen-bond acceptors (Lipinski definition) is 3. The fraction of sp³-hybridized carbons (Fsp3) is 0.950. The lowest BCUT2D eigenvalue weighted by Crippen LogP contribution is -2.48. The van der Waals surface area contributed by atoms with Gasteiger partial charge in [-0.3, -0.25) is 4.79 Å². The van der Waals surface area contributed by atoms with E-state index in [1.807, 2.05) is 0 Å². The zero-order chi connectivity index (χ0) is 17.2. The van der Waals surface area contributed by atoms with Crippen molar-refractivity contribution in [3.05, 3.63) is 0 Å². The van der Waals surface area contributed by atoms with Crippen molar-refractivity contribution >= 4 is 5.91 Å². The van der Waals surface area contributed by atoms with Crippen LogP contribution in [0, 0.1) is 17.3 Å². The van der Waals surface area contributed by atoms with Crippen LogP contribution < -0.4 is 0 Å². The number of carbonyl (C=O) groups excluding carboxylic acids is 1. The first-order valence-electron chi connectivity index (χ1n) is 10.1. The number of nitrogens with zero attached hydrogens (tertiary/aromatic N) is 3. The summed E-state index contributed by atoms with van der Waals surface area (Å²) in [7, 11) is 2.14. The second-order valence-electron chi connectivity index (χ2n) is 9.21. The van der Waals surface area contributed by atoms with Crippen LogP contribution in [0.25, 0.3) is 0 Å². The smallest absolute Gasteiger partial charge is 0.222 e. The molecule has 2 heterocycles. The molecule has 1 saturated carbocycles. The van der Waals surface area contributed by atoms with Crippen LogP contribution in [0.4, 0.5) is 0 Å². The van der Waals surface area contributed by atoms with Gasteiger partial charge in [-0.05, 0) is 69.5 Å². The van der Waals surface area contributed by atoms with E-state index >= 15 is 0 Å². The van der Waals surface area contributed by atoms with Gasteiger partial charge < -0.3 is 14.7 Å². The summed E-state index contributed by atoms with van der Waals surface area (Å²) in [6, 6.07) is 0. The minimum absolute atomic E-state index is 0.403. The fourth-order valence-corrected chi connectivity index (χ4v) is 4.72. The molecule has 4 heteroatoms. The van der Waals surface area contributed by atoms with E-state index in [4.69, 9.17) is 0 Å². The summed E-state index contributed by atoms with van der Waals surface area (Å²) in [6.07, 6.45) is 7.50. The maximum Gasteiger partial charge on any atom is 0.222 e. The Hall–Kier alpha value is -0.610. The lowest BCUT2D eigenvalue weighted by Gasteiger charge is -2.36. The maximum atomic E-state index is 12.5. The highest BCUT2D eigenvalue weighted by Crippen LogP contribution is 2.51. The van der Waals surface area contributed by atoms with Crippen LogP contribution >= 0.6 is 0 Å². The number of piperazine rings is 1. The molecule has 3 aliphatic rings.